The summed E-state index contributed by atoms with van der Waals surface area (Å²) in [5.74, 6) is -0.928. The number of para-hydroxylation sites is 1. The Morgan fingerprint density at radius 1 is 1.30 bits per heavy atom. The normalized spacial score (nSPS) is 11.4. The van der Waals surface area contributed by atoms with Gasteiger partial charge in [0, 0.05) is 5.41 Å². The molecule has 0 amide bonds. The van der Waals surface area contributed by atoms with Gasteiger partial charge in [-0.25, -0.2) is 13.9 Å². The Labute approximate surface area is 117 Å². The molecule has 5 heteroatoms. The molecule has 0 aliphatic carbocycles. The molecule has 0 saturated heterocycles. The number of carbonyl (C=O) groups is 1. The summed E-state index contributed by atoms with van der Waals surface area (Å²) in [5, 5.41) is 4.18. The van der Waals surface area contributed by atoms with Crippen LogP contribution in [-0.4, -0.2) is 22.9 Å². The zero-order valence-corrected chi connectivity index (χ0v) is 12.0. The molecule has 0 unspecified atom stereocenters. The molecule has 2 rings (SSSR count). The number of halogens is 1. The average Bonchev–Trinajstić information content (AvgIpc) is 2.83. The molecule has 0 bridgehead atoms. The van der Waals surface area contributed by atoms with Gasteiger partial charge in [-0.3, -0.25) is 0 Å². The monoisotopic (exact) mass is 276 g/mol. The second-order valence-electron chi connectivity index (χ2n) is 5.52. The van der Waals surface area contributed by atoms with E-state index in [1.165, 1.54) is 17.9 Å². The smallest absolute Gasteiger partial charge is 0.358 e. The van der Waals surface area contributed by atoms with Crippen molar-refractivity contribution < 1.29 is 13.9 Å². The van der Waals surface area contributed by atoms with E-state index in [1.807, 2.05) is 20.8 Å². The van der Waals surface area contributed by atoms with Crippen molar-refractivity contribution in [3.05, 3.63) is 47.5 Å². The van der Waals surface area contributed by atoms with Crippen molar-refractivity contribution in [3.8, 4) is 5.69 Å². The van der Waals surface area contributed by atoms with Crippen LogP contribution in [0.3, 0.4) is 0 Å². The number of nitrogens with zero attached hydrogens (tertiary/aromatic N) is 2. The summed E-state index contributed by atoms with van der Waals surface area (Å²) < 4.78 is 20.1. The maximum absolute atomic E-state index is 14.0. The van der Waals surface area contributed by atoms with E-state index in [9.17, 15) is 9.18 Å². The quantitative estimate of drug-likeness (QED) is 0.792. The first-order valence-electron chi connectivity index (χ1n) is 6.28. The molecule has 1 heterocycles. The number of methoxy groups -OCH3 is 1. The lowest BCUT2D eigenvalue weighted by Gasteiger charge is -2.20. The maximum atomic E-state index is 14.0. The first-order valence-corrected chi connectivity index (χ1v) is 6.28. The molecule has 0 aliphatic heterocycles. The first-order chi connectivity index (χ1) is 9.34. The minimum Gasteiger partial charge on any atom is -0.464 e. The largest absolute Gasteiger partial charge is 0.464 e. The molecule has 0 radical (unpaired) electrons. The molecule has 0 fully saturated rings. The van der Waals surface area contributed by atoms with Crippen LogP contribution >= 0.6 is 0 Å². The van der Waals surface area contributed by atoms with Crippen LogP contribution in [0.4, 0.5) is 4.39 Å². The van der Waals surface area contributed by atoms with Crippen LogP contribution in [-0.2, 0) is 10.2 Å². The summed E-state index contributed by atoms with van der Waals surface area (Å²) in [4.78, 5) is 11.6. The fourth-order valence-corrected chi connectivity index (χ4v) is 1.93. The molecule has 0 spiro atoms. The molecule has 1 aromatic carbocycles. The first kappa shape index (κ1) is 14.2. The Balaban J connectivity index is 2.65. The highest BCUT2D eigenvalue weighted by Gasteiger charge is 2.25. The summed E-state index contributed by atoms with van der Waals surface area (Å²) in [6.45, 7) is 5.92. The van der Waals surface area contributed by atoms with E-state index in [-0.39, 0.29) is 11.1 Å². The molecular formula is C15H17FN2O2. The summed E-state index contributed by atoms with van der Waals surface area (Å²) in [6, 6.07) is 7.96. The van der Waals surface area contributed by atoms with E-state index in [1.54, 1.807) is 24.3 Å². The highest BCUT2D eigenvalue weighted by Crippen LogP contribution is 2.27. The number of rotatable bonds is 2. The molecule has 2 aromatic rings. The molecule has 0 aliphatic rings. The van der Waals surface area contributed by atoms with Crippen molar-refractivity contribution in [1.29, 1.82) is 0 Å². The second kappa shape index (κ2) is 5.07. The lowest BCUT2D eigenvalue weighted by molar-refractivity contribution is 0.0593. The summed E-state index contributed by atoms with van der Waals surface area (Å²) >= 11 is 0. The van der Waals surface area contributed by atoms with Gasteiger partial charge in [0.05, 0.1) is 12.8 Å². The maximum Gasteiger partial charge on any atom is 0.358 e. The number of esters is 1. The third-order valence-corrected chi connectivity index (χ3v) is 2.95. The van der Waals surface area contributed by atoms with Gasteiger partial charge in [0.1, 0.15) is 11.5 Å². The van der Waals surface area contributed by atoms with Gasteiger partial charge >= 0.3 is 5.97 Å². The minimum atomic E-state index is -0.536. The number of hydrogen-bond donors (Lipinski definition) is 0. The van der Waals surface area contributed by atoms with Gasteiger partial charge < -0.3 is 4.74 Å². The van der Waals surface area contributed by atoms with Gasteiger partial charge in [0.25, 0.3) is 0 Å². The molecule has 106 valence electrons. The Morgan fingerprint density at radius 2 is 1.95 bits per heavy atom. The Bertz CT molecular complexity index is 642. The van der Waals surface area contributed by atoms with Crippen LogP contribution in [0.15, 0.2) is 30.3 Å². The molecule has 4 nitrogen and oxygen atoms in total. The highest BCUT2D eigenvalue weighted by molar-refractivity contribution is 5.87. The zero-order valence-electron chi connectivity index (χ0n) is 12.0. The van der Waals surface area contributed by atoms with Gasteiger partial charge in [-0.2, -0.15) is 5.10 Å². The average molecular weight is 276 g/mol. The van der Waals surface area contributed by atoms with E-state index >= 15 is 0 Å². The van der Waals surface area contributed by atoms with E-state index < -0.39 is 11.8 Å². The van der Waals surface area contributed by atoms with E-state index in [0.717, 1.165) is 5.69 Å². The van der Waals surface area contributed by atoms with E-state index in [2.05, 4.69) is 9.84 Å². The fraction of sp³-hybridized carbons (Fsp3) is 0.333. The number of aromatic nitrogens is 2. The lowest BCUT2D eigenvalue weighted by atomic mass is 9.91. The lowest BCUT2D eigenvalue weighted by Crippen LogP contribution is -2.18. The Hall–Kier alpha value is -2.17. The van der Waals surface area contributed by atoms with Crippen molar-refractivity contribution in [2.45, 2.75) is 26.2 Å². The van der Waals surface area contributed by atoms with E-state index in [0.29, 0.717) is 5.69 Å². The van der Waals surface area contributed by atoms with Gasteiger partial charge in [0.15, 0.2) is 5.69 Å². The van der Waals surface area contributed by atoms with Crippen molar-refractivity contribution >= 4 is 5.97 Å². The Kier molecular flexibility index (Phi) is 3.61. The van der Waals surface area contributed by atoms with Gasteiger partial charge in [0.2, 0.25) is 0 Å². The van der Waals surface area contributed by atoms with Crippen LogP contribution in [0.25, 0.3) is 5.69 Å². The fourth-order valence-electron chi connectivity index (χ4n) is 1.93. The topological polar surface area (TPSA) is 44.1 Å². The van der Waals surface area contributed by atoms with Crippen molar-refractivity contribution in [1.82, 2.24) is 9.78 Å². The van der Waals surface area contributed by atoms with Crippen LogP contribution in [0, 0.1) is 5.82 Å². The van der Waals surface area contributed by atoms with E-state index in [4.69, 9.17) is 0 Å². The number of benzene rings is 1. The predicted molar refractivity (Wildman–Crippen MR) is 73.6 cm³/mol. The standard InChI is InChI=1S/C15H17FN2O2/c1-15(2,3)13-9-11(14(19)20-4)17-18(13)12-8-6-5-7-10(12)16/h5-9H,1-4H3. The summed E-state index contributed by atoms with van der Waals surface area (Å²) in [7, 11) is 1.29. The van der Waals surface area contributed by atoms with Crippen molar-refractivity contribution in [2.75, 3.05) is 7.11 Å². The summed E-state index contributed by atoms with van der Waals surface area (Å²) in [6.07, 6.45) is 0. The molecule has 0 atom stereocenters. The van der Waals surface area contributed by atoms with Crippen molar-refractivity contribution in [2.24, 2.45) is 0 Å². The number of hydrogen-bond acceptors (Lipinski definition) is 3. The van der Waals surface area contributed by atoms with Crippen LogP contribution in [0.1, 0.15) is 37.0 Å². The molecule has 0 N–H and O–H groups in total. The SMILES string of the molecule is COC(=O)c1cc(C(C)(C)C)n(-c2ccccc2F)n1. The molecule has 0 saturated carbocycles. The van der Waals surface area contributed by atoms with Crippen LogP contribution < -0.4 is 0 Å². The molecule has 1 aromatic heterocycles. The number of ether oxygens (including phenoxy) is 1. The van der Waals surface area contributed by atoms with Crippen LogP contribution in [0.2, 0.25) is 0 Å². The van der Waals surface area contributed by atoms with Gasteiger partial charge in [-0.15, -0.1) is 0 Å². The Morgan fingerprint density at radius 3 is 2.50 bits per heavy atom. The van der Waals surface area contributed by atoms with Crippen molar-refractivity contribution in [3.63, 3.8) is 0 Å². The predicted octanol–water partition coefficient (Wildman–Crippen LogP) is 3.10. The third kappa shape index (κ3) is 2.57. The zero-order chi connectivity index (χ0) is 14.9. The number of carbonyl (C=O) groups excluding carboxylic acids is 1. The van der Waals surface area contributed by atoms with Crippen LogP contribution in [0.5, 0.6) is 0 Å². The van der Waals surface area contributed by atoms with Gasteiger partial charge in [-0.05, 0) is 18.2 Å². The van der Waals surface area contributed by atoms with Gasteiger partial charge in [-0.1, -0.05) is 32.9 Å². The second-order valence-corrected chi connectivity index (χ2v) is 5.52. The third-order valence-electron chi connectivity index (χ3n) is 2.95. The highest BCUT2D eigenvalue weighted by atomic mass is 19.1. The minimum absolute atomic E-state index is 0.167. The molecular weight excluding hydrogens is 259 g/mol. The summed E-state index contributed by atoms with van der Waals surface area (Å²) in [5.41, 5.74) is 0.929. The molecule has 20 heavy (non-hydrogen) atoms.